The summed E-state index contributed by atoms with van der Waals surface area (Å²) in [6.45, 7) is 2.10. The summed E-state index contributed by atoms with van der Waals surface area (Å²) >= 11 is 3.47. The summed E-state index contributed by atoms with van der Waals surface area (Å²) in [5.74, 6) is 1.07. The first-order chi connectivity index (χ1) is 9.67. The number of nitrogens with zero attached hydrogens (tertiary/aromatic N) is 2. The predicted molar refractivity (Wildman–Crippen MR) is 84.2 cm³/mol. The van der Waals surface area contributed by atoms with E-state index in [1.165, 1.54) is 0 Å². The lowest BCUT2D eigenvalue weighted by Gasteiger charge is -2.15. The van der Waals surface area contributed by atoms with Crippen LogP contribution in [0.1, 0.15) is 31.7 Å². The van der Waals surface area contributed by atoms with Gasteiger partial charge in [-0.15, -0.1) is 0 Å². The predicted octanol–water partition coefficient (Wildman–Crippen LogP) is 3.98. The quantitative estimate of drug-likeness (QED) is 0.897. The van der Waals surface area contributed by atoms with Crippen LogP contribution in [0.5, 0.6) is 0 Å². The van der Waals surface area contributed by atoms with Crippen molar-refractivity contribution in [3.8, 4) is 11.3 Å². The molecule has 0 saturated carbocycles. The van der Waals surface area contributed by atoms with Crippen molar-refractivity contribution in [1.29, 1.82) is 0 Å². The van der Waals surface area contributed by atoms with E-state index >= 15 is 0 Å². The number of rotatable bonds is 5. The smallest absolute Gasteiger partial charge is 0.160 e. The number of benzene rings is 1. The molecule has 2 aromatic rings. The number of methoxy groups -OCH3 is 1. The molecule has 0 bridgehead atoms. The van der Waals surface area contributed by atoms with Crippen LogP contribution < -0.4 is 5.73 Å². The van der Waals surface area contributed by atoms with Gasteiger partial charge in [-0.3, -0.25) is 0 Å². The van der Waals surface area contributed by atoms with Gasteiger partial charge in [0.15, 0.2) is 5.82 Å². The Bertz CT molecular complexity index is 575. The van der Waals surface area contributed by atoms with Gasteiger partial charge in [0, 0.05) is 12.7 Å². The zero-order valence-electron chi connectivity index (χ0n) is 11.6. The minimum absolute atomic E-state index is 0.127. The molecule has 0 saturated heterocycles. The normalized spacial score (nSPS) is 12.3. The third-order valence-corrected chi connectivity index (χ3v) is 3.85. The van der Waals surface area contributed by atoms with Crippen LogP contribution in [0.25, 0.3) is 11.3 Å². The van der Waals surface area contributed by atoms with E-state index in [4.69, 9.17) is 10.5 Å². The number of nitrogen functional groups attached to an aromatic ring is 1. The van der Waals surface area contributed by atoms with Crippen molar-refractivity contribution in [3.63, 3.8) is 0 Å². The van der Waals surface area contributed by atoms with Gasteiger partial charge in [0.05, 0.1) is 10.2 Å². The summed E-state index contributed by atoms with van der Waals surface area (Å²) in [6.07, 6.45) is 1.74. The minimum atomic E-state index is -0.127. The number of nitrogens with two attached hydrogens (primary N) is 1. The molecule has 1 unspecified atom stereocenters. The standard InChI is InChI=1S/C15H18BrN3O/c1-3-7-11(20-2)15-18-13(12(16)14(17)19-15)10-8-5-4-6-9-10/h4-6,8-9,11H,3,7H2,1-2H3,(H2,17,18,19). The van der Waals surface area contributed by atoms with E-state index in [2.05, 4.69) is 32.8 Å². The van der Waals surface area contributed by atoms with Crippen LogP contribution in [-0.4, -0.2) is 17.1 Å². The Morgan fingerprint density at radius 2 is 1.95 bits per heavy atom. The van der Waals surface area contributed by atoms with E-state index in [0.717, 1.165) is 28.6 Å². The highest BCUT2D eigenvalue weighted by atomic mass is 79.9. The second-order valence-corrected chi connectivity index (χ2v) is 5.30. The van der Waals surface area contributed by atoms with E-state index in [9.17, 15) is 0 Å². The first-order valence-electron chi connectivity index (χ1n) is 6.58. The van der Waals surface area contributed by atoms with Crippen LogP contribution in [0, 0.1) is 0 Å². The van der Waals surface area contributed by atoms with Gasteiger partial charge in [-0.05, 0) is 22.4 Å². The lowest BCUT2D eigenvalue weighted by Crippen LogP contribution is -2.10. The highest BCUT2D eigenvalue weighted by Crippen LogP contribution is 2.32. The van der Waals surface area contributed by atoms with E-state index in [1.807, 2.05) is 30.3 Å². The summed E-state index contributed by atoms with van der Waals surface area (Å²) in [7, 11) is 1.67. The van der Waals surface area contributed by atoms with Gasteiger partial charge >= 0.3 is 0 Å². The van der Waals surface area contributed by atoms with Gasteiger partial charge in [0.25, 0.3) is 0 Å². The van der Waals surface area contributed by atoms with E-state index in [0.29, 0.717) is 11.6 Å². The molecule has 0 aliphatic rings. The number of ether oxygens (including phenoxy) is 1. The highest BCUT2D eigenvalue weighted by molar-refractivity contribution is 9.10. The Labute approximate surface area is 127 Å². The monoisotopic (exact) mass is 335 g/mol. The summed E-state index contributed by atoms with van der Waals surface area (Å²) < 4.78 is 6.19. The van der Waals surface area contributed by atoms with E-state index in [-0.39, 0.29) is 6.10 Å². The highest BCUT2D eigenvalue weighted by Gasteiger charge is 2.18. The topological polar surface area (TPSA) is 61.0 Å². The number of hydrogen-bond acceptors (Lipinski definition) is 4. The maximum Gasteiger partial charge on any atom is 0.160 e. The van der Waals surface area contributed by atoms with Crippen LogP contribution in [0.3, 0.4) is 0 Å². The van der Waals surface area contributed by atoms with Crippen molar-refractivity contribution in [3.05, 3.63) is 40.6 Å². The fraction of sp³-hybridized carbons (Fsp3) is 0.333. The third-order valence-electron chi connectivity index (χ3n) is 3.06. The second kappa shape index (κ2) is 6.81. The number of aromatic nitrogens is 2. The molecular formula is C15H18BrN3O. The van der Waals surface area contributed by atoms with Crippen molar-refractivity contribution in [1.82, 2.24) is 9.97 Å². The molecule has 4 nitrogen and oxygen atoms in total. The van der Waals surface area contributed by atoms with Gasteiger partial charge in [-0.1, -0.05) is 43.7 Å². The molecule has 0 aliphatic carbocycles. The molecule has 2 N–H and O–H groups in total. The average molecular weight is 336 g/mol. The molecule has 1 aromatic heterocycles. The fourth-order valence-corrected chi connectivity index (χ4v) is 2.43. The first kappa shape index (κ1) is 14.9. The van der Waals surface area contributed by atoms with Crippen molar-refractivity contribution in [2.24, 2.45) is 0 Å². The summed E-state index contributed by atoms with van der Waals surface area (Å²) in [4.78, 5) is 8.97. The molecule has 20 heavy (non-hydrogen) atoms. The molecule has 106 valence electrons. The maximum absolute atomic E-state index is 5.99. The molecule has 0 spiro atoms. The molecule has 0 radical (unpaired) electrons. The molecule has 0 amide bonds. The lowest BCUT2D eigenvalue weighted by atomic mass is 10.1. The Balaban J connectivity index is 2.50. The van der Waals surface area contributed by atoms with Crippen molar-refractivity contribution in [2.45, 2.75) is 25.9 Å². The molecule has 0 aliphatic heterocycles. The van der Waals surface area contributed by atoms with E-state index in [1.54, 1.807) is 7.11 Å². The van der Waals surface area contributed by atoms with Gasteiger partial charge in [0.2, 0.25) is 0 Å². The van der Waals surface area contributed by atoms with Crippen LogP contribution in [0.15, 0.2) is 34.8 Å². The third kappa shape index (κ3) is 3.16. The zero-order chi connectivity index (χ0) is 14.5. The van der Waals surface area contributed by atoms with E-state index < -0.39 is 0 Å². The van der Waals surface area contributed by atoms with Crippen LogP contribution in [-0.2, 0) is 4.74 Å². The number of halogens is 1. The Hall–Kier alpha value is -1.46. The molecule has 1 atom stereocenters. The van der Waals surface area contributed by atoms with Gasteiger partial charge in [-0.2, -0.15) is 0 Å². The Kier molecular flexibility index (Phi) is 5.09. The molecule has 5 heteroatoms. The molecule has 2 rings (SSSR count). The molecular weight excluding hydrogens is 318 g/mol. The molecule has 0 fully saturated rings. The fourth-order valence-electron chi connectivity index (χ4n) is 2.03. The second-order valence-electron chi connectivity index (χ2n) is 4.51. The maximum atomic E-state index is 5.99. The SMILES string of the molecule is CCCC(OC)c1nc(N)c(Br)c(-c2ccccc2)n1. The first-order valence-corrected chi connectivity index (χ1v) is 7.37. The van der Waals surface area contributed by atoms with Crippen molar-refractivity contribution < 1.29 is 4.74 Å². The van der Waals surface area contributed by atoms with Gasteiger partial charge in [-0.25, -0.2) is 9.97 Å². The molecule has 1 heterocycles. The van der Waals surface area contributed by atoms with Crippen molar-refractivity contribution in [2.75, 3.05) is 12.8 Å². The Morgan fingerprint density at radius 3 is 2.55 bits per heavy atom. The lowest BCUT2D eigenvalue weighted by molar-refractivity contribution is 0.0878. The van der Waals surface area contributed by atoms with Gasteiger partial charge in [0.1, 0.15) is 11.9 Å². The van der Waals surface area contributed by atoms with Gasteiger partial charge < -0.3 is 10.5 Å². The number of anilines is 1. The Morgan fingerprint density at radius 1 is 1.25 bits per heavy atom. The summed E-state index contributed by atoms with van der Waals surface area (Å²) in [5, 5.41) is 0. The van der Waals surface area contributed by atoms with Crippen molar-refractivity contribution >= 4 is 21.7 Å². The minimum Gasteiger partial charge on any atom is -0.383 e. The largest absolute Gasteiger partial charge is 0.383 e. The number of hydrogen-bond donors (Lipinski definition) is 1. The molecule has 1 aromatic carbocycles. The summed E-state index contributed by atoms with van der Waals surface area (Å²) in [6, 6.07) is 9.91. The zero-order valence-corrected chi connectivity index (χ0v) is 13.2. The van der Waals surface area contributed by atoms with Crippen LogP contribution in [0.2, 0.25) is 0 Å². The average Bonchev–Trinajstić information content (AvgIpc) is 2.48. The van der Waals surface area contributed by atoms with Crippen LogP contribution in [0.4, 0.5) is 5.82 Å². The summed E-state index contributed by atoms with van der Waals surface area (Å²) in [5.41, 5.74) is 7.79. The van der Waals surface area contributed by atoms with Crippen LogP contribution >= 0.6 is 15.9 Å².